The molecule has 0 aliphatic heterocycles. The van der Waals surface area contributed by atoms with Gasteiger partial charge >= 0.3 is 0 Å². The second kappa shape index (κ2) is 5.00. The molecule has 0 atom stereocenters. The second-order valence-electron chi connectivity index (χ2n) is 3.44. The molecular formula is C10H14N2S. The van der Waals surface area contributed by atoms with E-state index in [2.05, 4.69) is 25.2 Å². The third kappa shape index (κ3) is 3.58. The third-order valence-corrected chi connectivity index (χ3v) is 2.57. The molecule has 1 rings (SSSR count). The van der Waals surface area contributed by atoms with Gasteiger partial charge in [-0.2, -0.15) is 5.26 Å². The van der Waals surface area contributed by atoms with Crippen LogP contribution in [0.5, 0.6) is 0 Å². The second-order valence-corrected chi connectivity index (χ2v) is 4.43. The Morgan fingerprint density at radius 3 is 2.92 bits per heavy atom. The lowest BCUT2D eigenvalue weighted by Crippen LogP contribution is -2.18. The van der Waals surface area contributed by atoms with Crippen molar-refractivity contribution >= 4 is 11.3 Å². The van der Waals surface area contributed by atoms with Crippen LogP contribution in [0.25, 0.3) is 0 Å². The molecule has 1 aromatic heterocycles. The fourth-order valence-electron chi connectivity index (χ4n) is 1.02. The van der Waals surface area contributed by atoms with Crippen molar-refractivity contribution in [1.29, 1.82) is 5.26 Å². The highest BCUT2D eigenvalue weighted by molar-refractivity contribution is 7.10. The summed E-state index contributed by atoms with van der Waals surface area (Å²) >= 11 is 1.64. The average Bonchev–Trinajstić information content (AvgIpc) is 2.52. The van der Waals surface area contributed by atoms with Gasteiger partial charge in [-0.15, -0.1) is 11.3 Å². The Morgan fingerprint density at radius 1 is 1.62 bits per heavy atom. The number of hydrogen-bond donors (Lipinski definition) is 1. The van der Waals surface area contributed by atoms with E-state index in [-0.39, 0.29) is 0 Å². The third-order valence-electron chi connectivity index (χ3n) is 1.63. The molecule has 0 amide bonds. The van der Waals surface area contributed by atoms with Crippen LogP contribution in [-0.2, 0) is 6.54 Å². The molecule has 1 aromatic rings. The Kier molecular flexibility index (Phi) is 3.94. The monoisotopic (exact) mass is 194 g/mol. The normalized spacial score (nSPS) is 10.3. The van der Waals surface area contributed by atoms with Gasteiger partial charge in [-0.3, -0.25) is 0 Å². The van der Waals surface area contributed by atoms with Crippen molar-refractivity contribution in [3.63, 3.8) is 0 Å². The molecule has 0 bridgehead atoms. The minimum absolute atomic E-state index is 0.676. The topological polar surface area (TPSA) is 35.8 Å². The summed E-state index contributed by atoms with van der Waals surface area (Å²) in [6.07, 6.45) is 0. The molecule has 0 saturated heterocycles. The molecule has 70 valence electrons. The average molecular weight is 194 g/mol. The lowest BCUT2D eigenvalue weighted by molar-refractivity contribution is 0.555. The maximum absolute atomic E-state index is 8.60. The zero-order chi connectivity index (χ0) is 9.68. The van der Waals surface area contributed by atoms with Crippen LogP contribution in [0.15, 0.2) is 11.4 Å². The summed E-state index contributed by atoms with van der Waals surface area (Å²) < 4.78 is 0. The number of nitriles is 1. The predicted octanol–water partition coefficient (Wildman–Crippen LogP) is 2.37. The van der Waals surface area contributed by atoms with E-state index in [1.54, 1.807) is 11.3 Å². The minimum atomic E-state index is 0.676. The van der Waals surface area contributed by atoms with Crippen molar-refractivity contribution in [3.8, 4) is 6.07 Å². The molecule has 0 radical (unpaired) electrons. The van der Waals surface area contributed by atoms with Crippen molar-refractivity contribution in [2.75, 3.05) is 6.54 Å². The number of nitrogens with one attached hydrogen (secondary N) is 1. The zero-order valence-electron chi connectivity index (χ0n) is 8.00. The van der Waals surface area contributed by atoms with E-state index >= 15 is 0 Å². The summed E-state index contributed by atoms with van der Waals surface area (Å²) in [4.78, 5) is 1.23. The van der Waals surface area contributed by atoms with Gasteiger partial charge in [-0.25, -0.2) is 0 Å². The first kappa shape index (κ1) is 10.2. The SMILES string of the molecule is CC(C)CNCc1cc(C#N)cs1. The van der Waals surface area contributed by atoms with Crippen LogP contribution in [0.1, 0.15) is 24.3 Å². The molecule has 0 aromatic carbocycles. The molecule has 0 saturated carbocycles. The Balaban J connectivity index is 2.34. The summed E-state index contributed by atoms with van der Waals surface area (Å²) in [5.74, 6) is 0.676. The van der Waals surface area contributed by atoms with E-state index in [0.29, 0.717) is 5.92 Å². The van der Waals surface area contributed by atoms with E-state index in [9.17, 15) is 0 Å². The first-order chi connectivity index (χ1) is 6.22. The molecule has 0 aliphatic carbocycles. The first-order valence-corrected chi connectivity index (χ1v) is 5.28. The summed E-state index contributed by atoms with van der Waals surface area (Å²) in [6.45, 7) is 6.27. The highest BCUT2D eigenvalue weighted by atomic mass is 32.1. The van der Waals surface area contributed by atoms with Crippen molar-refractivity contribution < 1.29 is 0 Å². The van der Waals surface area contributed by atoms with E-state index < -0.39 is 0 Å². The standard InChI is InChI=1S/C10H14N2S/c1-8(2)5-12-6-10-3-9(4-11)7-13-10/h3,7-8,12H,5-6H2,1-2H3. The maximum Gasteiger partial charge on any atom is 0.100 e. The quantitative estimate of drug-likeness (QED) is 0.798. The van der Waals surface area contributed by atoms with Crippen LogP contribution in [-0.4, -0.2) is 6.54 Å². The van der Waals surface area contributed by atoms with E-state index in [1.807, 2.05) is 11.4 Å². The summed E-state index contributed by atoms with van der Waals surface area (Å²) in [5.41, 5.74) is 0.770. The molecule has 3 heteroatoms. The number of thiophene rings is 1. The maximum atomic E-state index is 8.60. The lowest BCUT2D eigenvalue weighted by Gasteiger charge is -2.04. The summed E-state index contributed by atoms with van der Waals surface area (Å²) in [7, 11) is 0. The van der Waals surface area contributed by atoms with Gasteiger partial charge in [0.15, 0.2) is 0 Å². The molecule has 0 aliphatic rings. The van der Waals surface area contributed by atoms with Crippen molar-refractivity contribution in [3.05, 3.63) is 21.9 Å². The molecule has 0 spiro atoms. The Hall–Kier alpha value is -0.850. The van der Waals surface area contributed by atoms with Gasteiger partial charge < -0.3 is 5.32 Å². The van der Waals surface area contributed by atoms with Crippen LogP contribution < -0.4 is 5.32 Å². The highest BCUT2D eigenvalue weighted by Crippen LogP contribution is 2.13. The van der Waals surface area contributed by atoms with Crippen LogP contribution in [0, 0.1) is 17.2 Å². The smallest absolute Gasteiger partial charge is 0.100 e. The van der Waals surface area contributed by atoms with E-state index in [0.717, 1.165) is 18.7 Å². The van der Waals surface area contributed by atoms with Gasteiger partial charge in [-0.05, 0) is 18.5 Å². The first-order valence-electron chi connectivity index (χ1n) is 4.40. The van der Waals surface area contributed by atoms with Crippen LogP contribution in [0.4, 0.5) is 0 Å². The molecular weight excluding hydrogens is 180 g/mol. The van der Waals surface area contributed by atoms with Gasteiger partial charge in [0, 0.05) is 16.8 Å². The summed E-state index contributed by atoms with van der Waals surface area (Å²) in [5, 5.41) is 13.8. The van der Waals surface area contributed by atoms with E-state index in [4.69, 9.17) is 5.26 Å². The van der Waals surface area contributed by atoms with Gasteiger partial charge in [0.2, 0.25) is 0 Å². The van der Waals surface area contributed by atoms with Gasteiger partial charge in [0.25, 0.3) is 0 Å². The van der Waals surface area contributed by atoms with E-state index in [1.165, 1.54) is 4.88 Å². The van der Waals surface area contributed by atoms with Crippen molar-refractivity contribution in [2.45, 2.75) is 20.4 Å². The van der Waals surface area contributed by atoms with Crippen molar-refractivity contribution in [1.82, 2.24) is 5.32 Å². The van der Waals surface area contributed by atoms with Crippen LogP contribution in [0.2, 0.25) is 0 Å². The Bertz CT molecular complexity index is 296. The van der Waals surface area contributed by atoms with Crippen LogP contribution >= 0.6 is 11.3 Å². The fraction of sp³-hybridized carbons (Fsp3) is 0.500. The number of rotatable bonds is 4. The number of hydrogen-bond acceptors (Lipinski definition) is 3. The predicted molar refractivity (Wildman–Crippen MR) is 55.6 cm³/mol. The largest absolute Gasteiger partial charge is 0.312 e. The molecule has 1 N–H and O–H groups in total. The zero-order valence-corrected chi connectivity index (χ0v) is 8.82. The Morgan fingerprint density at radius 2 is 2.38 bits per heavy atom. The lowest BCUT2D eigenvalue weighted by atomic mass is 10.2. The van der Waals surface area contributed by atoms with Gasteiger partial charge in [-0.1, -0.05) is 13.8 Å². The van der Waals surface area contributed by atoms with Gasteiger partial charge in [0.1, 0.15) is 6.07 Å². The fourth-order valence-corrected chi connectivity index (χ4v) is 1.80. The molecule has 13 heavy (non-hydrogen) atoms. The molecule has 2 nitrogen and oxygen atoms in total. The van der Waals surface area contributed by atoms with Crippen molar-refractivity contribution in [2.24, 2.45) is 5.92 Å². The van der Waals surface area contributed by atoms with Crippen LogP contribution in [0.3, 0.4) is 0 Å². The summed E-state index contributed by atoms with van der Waals surface area (Å²) in [6, 6.07) is 4.07. The molecule has 1 heterocycles. The number of nitrogens with zero attached hydrogens (tertiary/aromatic N) is 1. The minimum Gasteiger partial charge on any atom is -0.312 e. The molecule has 0 fully saturated rings. The van der Waals surface area contributed by atoms with Gasteiger partial charge in [0.05, 0.1) is 5.56 Å². The molecule has 0 unspecified atom stereocenters. The highest BCUT2D eigenvalue weighted by Gasteiger charge is 1.98. The Labute approximate surface area is 83.2 Å².